The van der Waals surface area contributed by atoms with Gasteiger partial charge in [-0.2, -0.15) is 17.0 Å². The van der Waals surface area contributed by atoms with Gasteiger partial charge in [-0.1, -0.05) is 13.8 Å². The first-order valence-corrected chi connectivity index (χ1v) is 6.39. The number of nitrogens with zero attached hydrogens (tertiary/aromatic N) is 3. The average Bonchev–Trinajstić information content (AvgIpc) is 2.27. The van der Waals surface area contributed by atoms with E-state index in [1.54, 1.807) is 18.5 Å². The van der Waals surface area contributed by atoms with Crippen molar-refractivity contribution >= 4 is 17.4 Å². The number of anilines is 1. The SMILES string of the molecule is CC1CN(c2cnccc2C#N)CC(C)S1. The second kappa shape index (κ2) is 4.75. The number of rotatable bonds is 1. The summed E-state index contributed by atoms with van der Waals surface area (Å²) in [5.41, 5.74) is 1.70. The van der Waals surface area contributed by atoms with Crippen LogP contribution in [0.2, 0.25) is 0 Å². The Morgan fingerprint density at radius 3 is 2.75 bits per heavy atom. The summed E-state index contributed by atoms with van der Waals surface area (Å²) in [6, 6.07) is 4.02. The molecule has 0 N–H and O–H groups in total. The van der Waals surface area contributed by atoms with Crippen molar-refractivity contribution < 1.29 is 0 Å². The fraction of sp³-hybridized carbons (Fsp3) is 0.500. The monoisotopic (exact) mass is 233 g/mol. The molecule has 2 rings (SSSR count). The first-order valence-electron chi connectivity index (χ1n) is 5.45. The molecule has 1 aromatic rings. The van der Waals surface area contributed by atoms with Crippen molar-refractivity contribution in [3.8, 4) is 6.07 Å². The van der Waals surface area contributed by atoms with E-state index in [-0.39, 0.29) is 0 Å². The number of nitriles is 1. The van der Waals surface area contributed by atoms with Gasteiger partial charge in [0.25, 0.3) is 0 Å². The number of hydrogen-bond acceptors (Lipinski definition) is 4. The van der Waals surface area contributed by atoms with Gasteiger partial charge < -0.3 is 4.90 Å². The largest absolute Gasteiger partial charge is 0.367 e. The summed E-state index contributed by atoms with van der Waals surface area (Å²) in [4.78, 5) is 6.39. The Bertz CT molecular complexity index is 403. The third-order valence-electron chi connectivity index (χ3n) is 2.68. The normalized spacial score (nSPS) is 25.2. The van der Waals surface area contributed by atoms with Gasteiger partial charge in [0.05, 0.1) is 17.4 Å². The van der Waals surface area contributed by atoms with Gasteiger partial charge in [-0.3, -0.25) is 4.98 Å². The highest BCUT2D eigenvalue weighted by atomic mass is 32.2. The Labute approximate surface area is 100 Å². The lowest BCUT2D eigenvalue weighted by atomic mass is 10.2. The molecule has 2 heterocycles. The number of hydrogen-bond donors (Lipinski definition) is 0. The van der Waals surface area contributed by atoms with Crippen molar-refractivity contribution in [3.63, 3.8) is 0 Å². The molecule has 0 aromatic carbocycles. The van der Waals surface area contributed by atoms with Gasteiger partial charge in [0.2, 0.25) is 0 Å². The maximum Gasteiger partial charge on any atom is 0.101 e. The zero-order chi connectivity index (χ0) is 11.5. The Kier molecular flexibility index (Phi) is 3.35. The molecule has 0 amide bonds. The van der Waals surface area contributed by atoms with Gasteiger partial charge in [-0.05, 0) is 6.07 Å². The van der Waals surface area contributed by atoms with E-state index in [2.05, 4.69) is 29.8 Å². The summed E-state index contributed by atoms with van der Waals surface area (Å²) in [6.45, 7) is 6.45. The molecule has 0 radical (unpaired) electrons. The van der Waals surface area contributed by atoms with Crippen LogP contribution in [-0.2, 0) is 0 Å². The molecule has 3 nitrogen and oxygen atoms in total. The second-order valence-corrected chi connectivity index (χ2v) is 6.05. The molecule has 16 heavy (non-hydrogen) atoms. The summed E-state index contributed by atoms with van der Waals surface area (Å²) in [6.07, 6.45) is 3.47. The van der Waals surface area contributed by atoms with Crippen LogP contribution in [0, 0.1) is 11.3 Å². The van der Waals surface area contributed by atoms with Crippen LogP contribution in [-0.4, -0.2) is 28.6 Å². The molecule has 2 unspecified atom stereocenters. The molecule has 4 heteroatoms. The minimum atomic E-state index is 0.607. The van der Waals surface area contributed by atoms with Crippen LogP contribution >= 0.6 is 11.8 Å². The number of pyridine rings is 1. The maximum absolute atomic E-state index is 9.07. The number of thioether (sulfide) groups is 1. The Balaban J connectivity index is 2.26. The standard InChI is InChI=1S/C12H15N3S/c1-9-7-15(8-10(2)16-9)12-6-14-4-3-11(12)5-13/h3-4,6,9-10H,7-8H2,1-2H3. The van der Waals surface area contributed by atoms with Crippen molar-refractivity contribution in [1.82, 2.24) is 4.98 Å². The Morgan fingerprint density at radius 2 is 2.12 bits per heavy atom. The first-order chi connectivity index (χ1) is 7.70. The average molecular weight is 233 g/mol. The predicted octanol–water partition coefficient (Wildman–Crippen LogP) is 2.28. The molecule has 0 aliphatic carbocycles. The van der Waals surface area contributed by atoms with Gasteiger partial charge in [0.1, 0.15) is 6.07 Å². The third kappa shape index (κ3) is 2.30. The molecule has 1 aromatic heterocycles. The second-order valence-electron chi connectivity index (χ2n) is 4.17. The van der Waals surface area contributed by atoms with Crippen LogP contribution in [0.15, 0.2) is 18.5 Å². The van der Waals surface area contributed by atoms with E-state index >= 15 is 0 Å². The topological polar surface area (TPSA) is 39.9 Å². The molecule has 0 saturated carbocycles. The highest BCUT2D eigenvalue weighted by Crippen LogP contribution is 2.29. The van der Waals surface area contributed by atoms with E-state index in [1.807, 2.05) is 11.8 Å². The maximum atomic E-state index is 9.07. The molecule has 1 fully saturated rings. The fourth-order valence-corrected chi connectivity index (χ4v) is 3.43. The van der Waals surface area contributed by atoms with Crippen molar-refractivity contribution in [2.24, 2.45) is 0 Å². The van der Waals surface area contributed by atoms with E-state index < -0.39 is 0 Å². The third-order valence-corrected chi connectivity index (χ3v) is 3.91. The summed E-state index contributed by atoms with van der Waals surface area (Å²) in [5.74, 6) is 0. The van der Waals surface area contributed by atoms with Crippen LogP contribution in [0.1, 0.15) is 19.4 Å². The summed E-state index contributed by atoms with van der Waals surface area (Å²) < 4.78 is 0. The minimum absolute atomic E-state index is 0.607. The van der Waals surface area contributed by atoms with Crippen LogP contribution in [0.25, 0.3) is 0 Å². The highest BCUT2D eigenvalue weighted by Gasteiger charge is 2.23. The fourth-order valence-electron chi connectivity index (χ4n) is 2.11. The van der Waals surface area contributed by atoms with Crippen LogP contribution in [0.4, 0.5) is 5.69 Å². The smallest absolute Gasteiger partial charge is 0.101 e. The van der Waals surface area contributed by atoms with E-state index in [9.17, 15) is 0 Å². The molecule has 84 valence electrons. The predicted molar refractivity (Wildman–Crippen MR) is 67.7 cm³/mol. The summed E-state index contributed by atoms with van der Waals surface area (Å²) in [7, 11) is 0. The van der Waals surface area contributed by atoms with Crippen LogP contribution in [0.3, 0.4) is 0 Å². The molecule has 1 saturated heterocycles. The van der Waals surface area contributed by atoms with E-state index in [0.717, 1.165) is 24.3 Å². The summed E-state index contributed by atoms with van der Waals surface area (Å²) >= 11 is 2.01. The molecule has 2 atom stereocenters. The molecule has 0 bridgehead atoms. The van der Waals surface area contributed by atoms with E-state index in [0.29, 0.717) is 10.5 Å². The minimum Gasteiger partial charge on any atom is -0.367 e. The van der Waals surface area contributed by atoms with Gasteiger partial charge >= 0.3 is 0 Å². The van der Waals surface area contributed by atoms with Crippen LogP contribution in [0.5, 0.6) is 0 Å². The highest BCUT2D eigenvalue weighted by molar-refractivity contribution is 8.00. The van der Waals surface area contributed by atoms with E-state index in [4.69, 9.17) is 5.26 Å². The Morgan fingerprint density at radius 1 is 1.44 bits per heavy atom. The van der Waals surface area contributed by atoms with Gasteiger partial charge in [0, 0.05) is 29.8 Å². The molecule has 1 aliphatic rings. The van der Waals surface area contributed by atoms with Crippen molar-refractivity contribution in [1.29, 1.82) is 5.26 Å². The molecular formula is C12H15N3S. The molecular weight excluding hydrogens is 218 g/mol. The Hall–Kier alpha value is -1.21. The zero-order valence-electron chi connectivity index (χ0n) is 9.55. The molecule has 1 aliphatic heterocycles. The summed E-state index contributed by atoms with van der Waals surface area (Å²) in [5, 5.41) is 10.3. The van der Waals surface area contributed by atoms with Crippen molar-refractivity contribution in [2.75, 3.05) is 18.0 Å². The van der Waals surface area contributed by atoms with Gasteiger partial charge in [0.15, 0.2) is 0 Å². The van der Waals surface area contributed by atoms with E-state index in [1.165, 1.54) is 0 Å². The van der Waals surface area contributed by atoms with Gasteiger partial charge in [-0.15, -0.1) is 0 Å². The number of aromatic nitrogens is 1. The zero-order valence-corrected chi connectivity index (χ0v) is 10.4. The lowest BCUT2D eigenvalue weighted by Crippen LogP contribution is -2.40. The lowest BCUT2D eigenvalue weighted by molar-refractivity contribution is 0.726. The quantitative estimate of drug-likeness (QED) is 0.746. The first kappa shape index (κ1) is 11.3. The van der Waals surface area contributed by atoms with Crippen molar-refractivity contribution in [3.05, 3.63) is 24.0 Å². The molecule has 0 spiro atoms. The van der Waals surface area contributed by atoms with Gasteiger partial charge in [-0.25, -0.2) is 0 Å². The lowest BCUT2D eigenvalue weighted by Gasteiger charge is -2.36. The van der Waals surface area contributed by atoms with Crippen molar-refractivity contribution in [2.45, 2.75) is 24.3 Å². The van der Waals surface area contributed by atoms with Crippen LogP contribution < -0.4 is 4.90 Å².